The predicted octanol–water partition coefficient (Wildman–Crippen LogP) is 6.07. The van der Waals surface area contributed by atoms with Crippen molar-refractivity contribution in [1.82, 2.24) is 0 Å². The molecule has 0 bridgehead atoms. The number of ketones is 1. The average Bonchev–Trinajstić information content (AvgIpc) is 2.92. The van der Waals surface area contributed by atoms with Crippen molar-refractivity contribution in [2.75, 3.05) is 0 Å². The molecule has 0 atom stereocenters. The number of alkyl halides is 3. The van der Waals surface area contributed by atoms with Crippen LogP contribution in [0, 0.1) is 0 Å². The Morgan fingerprint density at radius 1 is 1.17 bits per heavy atom. The molecule has 1 aromatic carbocycles. The fraction of sp³-hybridized carbons (Fsp3) is 0.167. The van der Waals surface area contributed by atoms with E-state index >= 15 is 0 Å². The smallest absolute Gasteiger partial charge is 0.295 e. The summed E-state index contributed by atoms with van der Waals surface area (Å²) in [6, 6.07) is 7.34. The number of carbonyl (C=O) groups is 1. The van der Waals surface area contributed by atoms with Crippen molar-refractivity contribution in [1.29, 1.82) is 0 Å². The highest BCUT2D eigenvalue weighted by Crippen LogP contribution is 2.38. The standard InChI is InChI=1S/C18H15F3OS/c1-11(2)16-10-13(18(19,20)21)5-8-15(16)17-9-7-14(23-17)6-4-12(3)22/h4-10H,1H2,2-3H3/b6-4+. The molecule has 0 saturated heterocycles. The summed E-state index contributed by atoms with van der Waals surface area (Å²) in [5, 5.41) is 0. The molecule has 1 nitrogen and oxygen atoms in total. The van der Waals surface area contributed by atoms with Crippen LogP contribution in [0.5, 0.6) is 0 Å². The lowest BCUT2D eigenvalue weighted by molar-refractivity contribution is -0.137. The lowest BCUT2D eigenvalue weighted by Crippen LogP contribution is -2.05. The number of thiophene rings is 1. The fourth-order valence-corrected chi connectivity index (χ4v) is 3.03. The molecule has 5 heteroatoms. The second-order valence-corrected chi connectivity index (χ2v) is 6.30. The van der Waals surface area contributed by atoms with Crippen molar-refractivity contribution in [3.8, 4) is 10.4 Å². The Hall–Kier alpha value is -2.14. The van der Waals surface area contributed by atoms with Crippen molar-refractivity contribution < 1.29 is 18.0 Å². The van der Waals surface area contributed by atoms with Gasteiger partial charge < -0.3 is 0 Å². The Bertz CT molecular complexity index is 782. The van der Waals surface area contributed by atoms with E-state index in [1.165, 1.54) is 30.4 Å². The summed E-state index contributed by atoms with van der Waals surface area (Å²) >= 11 is 1.41. The van der Waals surface area contributed by atoms with Gasteiger partial charge >= 0.3 is 6.18 Å². The number of carbonyl (C=O) groups excluding carboxylic acids is 1. The number of allylic oxidation sites excluding steroid dienone is 2. The van der Waals surface area contributed by atoms with Crippen LogP contribution in [0.15, 0.2) is 43.0 Å². The normalized spacial score (nSPS) is 11.9. The van der Waals surface area contributed by atoms with Crippen LogP contribution in [0.3, 0.4) is 0 Å². The molecule has 2 aromatic rings. The van der Waals surface area contributed by atoms with Gasteiger partial charge in [0.15, 0.2) is 5.78 Å². The summed E-state index contributed by atoms with van der Waals surface area (Å²) in [4.78, 5) is 12.7. The second kappa shape index (κ2) is 6.54. The first-order valence-corrected chi connectivity index (χ1v) is 7.66. The van der Waals surface area contributed by atoms with Gasteiger partial charge in [0, 0.05) is 9.75 Å². The summed E-state index contributed by atoms with van der Waals surface area (Å²) in [5.41, 5.74) is 1.06. The topological polar surface area (TPSA) is 17.1 Å². The zero-order valence-electron chi connectivity index (χ0n) is 12.7. The van der Waals surface area contributed by atoms with E-state index in [9.17, 15) is 18.0 Å². The van der Waals surface area contributed by atoms with Crippen molar-refractivity contribution in [3.05, 3.63) is 59.0 Å². The van der Waals surface area contributed by atoms with Crippen LogP contribution in [-0.4, -0.2) is 5.78 Å². The first kappa shape index (κ1) is 17.2. The van der Waals surface area contributed by atoms with Gasteiger partial charge in [-0.05, 0) is 61.4 Å². The molecule has 2 rings (SSSR count). The molecule has 0 N–H and O–H groups in total. The van der Waals surface area contributed by atoms with E-state index in [1.807, 2.05) is 12.1 Å². The van der Waals surface area contributed by atoms with Gasteiger partial charge in [-0.1, -0.05) is 18.2 Å². The van der Waals surface area contributed by atoms with Gasteiger partial charge in [-0.3, -0.25) is 4.79 Å². The number of hydrogen-bond donors (Lipinski definition) is 0. The van der Waals surface area contributed by atoms with Crippen LogP contribution in [0.4, 0.5) is 13.2 Å². The van der Waals surface area contributed by atoms with Crippen molar-refractivity contribution >= 4 is 28.8 Å². The maximum atomic E-state index is 12.9. The highest BCUT2D eigenvalue weighted by molar-refractivity contribution is 7.16. The third kappa shape index (κ3) is 4.20. The van der Waals surface area contributed by atoms with Crippen molar-refractivity contribution in [3.63, 3.8) is 0 Å². The molecule has 120 valence electrons. The molecule has 0 saturated carbocycles. The van der Waals surface area contributed by atoms with Gasteiger partial charge in [-0.2, -0.15) is 13.2 Å². The van der Waals surface area contributed by atoms with Crippen LogP contribution in [0.25, 0.3) is 22.1 Å². The van der Waals surface area contributed by atoms with E-state index in [-0.39, 0.29) is 5.78 Å². The monoisotopic (exact) mass is 336 g/mol. The third-order valence-electron chi connectivity index (χ3n) is 3.18. The Morgan fingerprint density at radius 2 is 1.87 bits per heavy atom. The lowest BCUT2D eigenvalue weighted by atomic mass is 9.98. The molecule has 0 amide bonds. The van der Waals surface area contributed by atoms with E-state index in [4.69, 9.17) is 0 Å². The third-order valence-corrected chi connectivity index (χ3v) is 4.27. The molecule has 0 aliphatic carbocycles. The molecule has 0 unspecified atom stereocenters. The van der Waals surface area contributed by atoms with E-state index in [2.05, 4.69) is 6.58 Å². The summed E-state index contributed by atoms with van der Waals surface area (Å²) in [5.74, 6) is -0.0582. The Kier molecular flexibility index (Phi) is 4.90. The van der Waals surface area contributed by atoms with Crippen LogP contribution < -0.4 is 0 Å². The van der Waals surface area contributed by atoms with Gasteiger partial charge in [0.25, 0.3) is 0 Å². The minimum absolute atomic E-state index is 0.0582. The summed E-state index contributed by atoms with van der Waals surface area (Å²) in [7, 11) is 0. The van der Waals surface area contributed by atoms with Gasteiger partial charge in [-0.15, -0.1) is 11.3 Å². The van der Waals surface area contributed by atoms with Gasteiger partial charge in [-0.25, -0.2) is 0 Å². The summed E-state index contributed by atoms with van der Waals surface area (Å²) in [6.45, 7) is 6.92. The first-order chi connectivity index (χ1) is 10.7. The van der Waals surface area contributed by atoms with Crippen LogP contribution in [-0.2, 0) is 11.0 Å². The Balaban J connectivity index is 2.47. The molecular formula is C18H15F3OS. The largest absolute Gasteiger partial charge is 0.416 e. The van der Waals surface area contributed by atoms with Crippen molar-refractivity contribution in [2.24, 2.45) is 0 Å². The molecule has 0 aliphatic heterocycles. The molecule has 0 aliphatic rings. The van der Waals surface area contributed by atoms with E-state index < -0.39 is 11.7 Å². The van der Waals surface area contributed by atoms with Gasteiger partial charge in [0.2, 0.25) is 0 Å². The maximum Gasteiger partial charge on any atom is 0.416 e. The second-order valence-electron chi connectivity index (χ2n) is 5.18. The molecule has 0 radical (unpaired) electrons. The van der Waals surface area contributed by atoms with Crippen LogP contribution in [0.2, 0.25) is 0 Å². The quantitative estimate of drug-likeness (QED) is 0.619. The van der Waals surface area contributed by atoms with Gasteiger partial charge in [0.05, 0.1) is 5.56 Å². The van der Waals surface area contributed by atoms with Gasteiger partial charge in [0.1, 0.15) is 0 Å². The number of rotatable bonds is 4. The molecule has 23 heavy (non-hydrogen) atoms. The Morgan fingerprint density at radius 3 is 2.43 bits per heavy atom. The zero-order chi connectivity index (χ0) is 17.2. The highest BCUT2D eigenvalue weighted by atomic mass is 32.1. The predicted molar refractivity (Wildman–Crippen MR) is 89.2 cm³/mol. The minimum atomic E-state index is -4.38. The SMILES string of the molecule is C=C(C)c1cc(C(F)(F)F)ccc1-c1ccc(/C=C/C(C)=O)s1. The molecule has 1 heterocycles. The Labute approximate surface area is 136 Å². The maximum absolute atomic E-state index is 12.9. The summed E-state index contributed by atoms with van der Waals surface area (Å²) < 4.78 is 38.6. The molecule has 0 fully saturated rings. The molecule has 1 aromatic heterocycles. The van der Waals surface area contributed by atoms with Crippen LogP contribution in [0.1, 0.15) is 29.9 Å². The number of benzene rings is 1. The zero-order valence-corrected chi connectivity index (χ0v) is 13.5. The number of hydrogen-bond acceptors (Lipinski definition) is 2. The molecular weight excluding hydrogens is 321 g/mol. The van der Waals surface area contributed by atoms with Crippen molar-refractivity contribution in [2.45, 2.75) is 20.0 Å². The lowest BCUT2D eigenvalue weighted by Gasteiger charge is -2.12. The molecule has 0 spiro atoms. The number of halogens is 3. The minimum Gasteiger partial charge on any atom is -0.295 e. The summed E-state index contributed by atoms with van der Waals surface area (Å²) in [6.07, 6.45) is -1.23. The highest BCUT2D eigenvalue weighted by Gasteiger charge is 2.31. The van der Waals surface area contributed by atoms with E-state index in [0.29, 0.717) is 16.7 Å². The fourth-order valence-electron chi connectivity index (χ4n) is 2.08. The first-order valence-electron chi connectivity index (χ1n) is 6.84. The van der Waals surface area contributed by atoms with E-state index in [0.717, 1.165) is 21.9 Å². The average molecular weight is 336 g/mol. The van der Waals surface area contributed by atoms with E-state index in [1.54, 1.807) is 13.0 Å². The van der Waals surface area contributed by atoms with Crippen LogP contribution >= 0.6 is 11.3 Å².